The van der Waals surface area contributed by atoms with Crippen LogP contribution in [0.4, 0.5) is 0 Å². The molecule has 2 atom stereocenters. The van der Waals surface area contributed by atoms with E-state index in [0.717, 1.165) is 19.3 Å². The molecule has 5 nitrogen and oxygen atoms in total. The number of carbonyl (C=O) groups is 2. The van der Waals surface area contributed by atoms with Crippen LogP contribution in [0, 0.1) is 5.92 Å². The zero-order chi connectivity index (χ0) is 15.4. The fraction of sp³-hybridized carbons (Fsp3) is 0.600. The highest BCUT2D eigenvalue weighted by molar-refractivity contribution is 6.30. The van der Waals surface area contributed by atoms with Gasteiger partial charge in [0.1, 0.15) is 5.69 Å². The van der Waals surface area contributed by atoms with Crippen LogP contribution in [0.1, 0.15) is 43.1 Å². The molecule has 0 unspecified atom stereocenters. The summed E-state index contributed by atoms with van der Waals surface area (Å²) in [6, 6.07) is 1.71. The predicted molar refractivity (Wildman–Crippen MR) is 80.3 cm³/mol. The van der Waals surface area contributed by atoms with Gasteiger partial charge in [-0.25, -0.2) is 4.79 Å². The van der Waals surface area contributed by atoms with Crippen LogP contribution in [0.25, 0.3) is 0 Å². The Morgan fingerprint density at radius 3 is 2.76 bits per heavy atom. The molecule has 0 aromatic carbocycles. The first kappa shape index (κ1) is 15.9. The molecule has 0 aliphatic heterocycles. The lowest BCUT2D eigenvalue weighted by Gasteiger charge is -2.29. The Morgan fingerprint density at radius 2 is 2.14 bits per heavy atom. The van der Waals surface area contributed by atoms with Crippen molar-refractivity contribution in [1.82, 2.24) is 9.88 Å². The molecular weight excluding hydrogens is 292 g/mol. The van der Waals surface area contributed by atoms with Gasteiger partial charge in [0, 0.05) is 19.3 Å². The van der Waals surface area contributed by atoms with Crippen molar-refractivity contribution in [3.63, 3.8) is 0 Å². The van der Waals surface area contributed by atoms with Gasteiger partial charge < -0.3 is 14.6 Å². The molecule has 1 amide bonds. The number of nitrogens with one attached hydrogen (secondary N) is 1. The summed E-state index contributed by atoms with van der Waals surface area (Å²) < 4.78 is 6.61. The van der Waals surface area contributed by atoms with Crippen LogP contribution in [-0.4, -0.2) is 29.1 Å². The van der Waals surface area contributed by atoms with Crippen molar-refractivity contribution >= 4 is 23.5 Å². The van der Waals surface area contributed by atoms with Gasteiger partial charge in [0.2, 0.25) is 0 Å². The van der Waals surface area contributed by atoms with Crippen molar-refractivity contribution in [3.8, 4) is 0 Å². The van der Waals surface area contributed by atoms with Crippen LogP contribution in [0.2, 0.25) is 5.02 Å². The number of esters is 1. The smallest absolute Gasteiger partial charge is 0.355 e. The Balaban J connectivity index is 1.81. The van der Waals surface area contributed by atoms with Crippen LogP contribution in [0.15, 0.2) is 12.3 Å². The highest BCUT2D eigenvalue weighted by Crippen LogP contribution is 2.23. The van der Waals surface area contributed by atoms with Crippen molar-refractivity contribution in [2.24, 2.45) is 13.0 Å². The van der Waals surface area contributed by atoms with Gasteiger partial charge >= 0.3 is 5.97 Å². The number of rotatable bonds is 4. The Bertz CT molecular complexity index is 527. The maximum absolute atomic E-state index is 11.9. The summed E-state index contributed by atoms with van der Waals surface area (Å²) in [6.07, 6.45) is 6.09. The minimum absolute atomic E-state index is 0.189. The van der Waals surface area contributed by atoms with Crippen LogP contribution < -0.4 is 5.32 Å². The second-order valence-electron chi connectivity index (χ2n) is 5.67. The first-order valence-electron chi connectivity index (χ1n) is 7.25. The average Bonchev–Trinajstić information content (AvgIpc) is 2.78. The van der Waals surface area contributed by atoms with E-state index in [1.54, 1.807) is 17.8 Å². The summed E-state index contributed by atoms with van der Waals surface area (Å²) in [6.45, 7) is 1.88. The molecule has 1 N–H and O–H groups in total. The van der Waals surface area contributed by atoms with Crippen molar-refractivity contribution in [2.45, 2.75) is 38.6 Å². The van der Waals surface area contributed by atoms with Crippen LogP contribution in [0.3, 0.4) is 0 Å². The van der Waals surface area contributed by atoms with E-state index in [0.29, 0.717) is 16.6 Å². The minimum atomic E-state index is -0.545. The highest BCUT2D eigenvalue weighted by atomic mass is 35.5. The SMILES string of the molecule is C[C@@H]1CCCC[C@@H]1NC(=O)COC(=O)c1cc(Cl)cn1C. The molecule has 1 aromatic heterocycles. The zero-order valence-corrected chi connectivity index (χ0v) is 13.2. The van der Waals surface area contributed by atoms with Gasteiger partial charge in [-0.3, -0.25) is 4.79 Å². The molecule has 116 valence electrons. The Hall–Kier alpha value is -1.49. The Morgan fingerprint density at radius 1 is 1.43 bits per heavy atom. The molecule has 2 rings (SSSR count). The molecule has 0 radical (unpaired) electrons. The van der Waals surface area contributed by atoms with E-state index in [9.17, 15) is 9.59 Å². The standard InChI is InChI=1S/C15H21ClN2O3/c1-10-5-3-4-6-12(10)17-14(19)9-21-15(20)13-7-11(16)8-18(13)2/h7-8,10,12H,3-6,9H2,1-2H3,(H,17,19)/t10-,12+/m1/s1. The van der Waals surface area contributed by atoms with Crippen LogP contribution >= 0.6 is 11.6 Å². The van der Waals surface area contributed by atoms with Crippen molar-refractivity contribution < 1.29 is 14.3 Å². The summed E-state index contributed by atoms with van der Waals surface area (Å²) >= 11 is 5.81. The number of hydrogen-bond donors (Lipinski definition) is 1. The minimum Gasteiger partial charge on any atom is -0.451 e. The predicted octanol–water partition coefficient (Wildman–Crippen LogP) is 2.53. The van der Waals surface area contributed by atoms with Gasteiger partial charge in [-0.1, -0.05) is 31.4 Å². The van der Waals surface area contributed by atoms with Gasteiger partial charge in [-0.15, -0.1) is 0 Å². The third-order valence-electron chi connectivity index (χ3n) is 3.97. The number of aromatic nitrogens is 1. The van der Waals surface area contributed by atoms with Crippen molar-refractivity contribution in [2.75, 3.05) is 6.61 Å². The molecular formula is C15H21ClN2O3. The fourth-order valence-corrected chi connectivity index (χ4v) is 2.96. The molecule has 1 aliphatic rings. The molecule has 1 fully saturated rings. The van der Waals surface area contributed by atoms with Gasteiger partial charge in [0.15, 0.2) is 6.61 Å². The summed E-state index contributed by atoms with van der Waals surface area (Å²) in [5.74, 6) is -0.316. The normalized spacial score (nSPS) is 21.9. The van der Waals surface area contributed by atoms with E-state index in [1.807, 2.05) is 0 Å². The Labute approximate surface area is 129 Å². The maximum atomic E-state index is 11.9. The molecule has 1 aromatic rings. The van der Waals surface area contributed by atoms with Crippen LogP contribution in [-0.2, 0) is 16.6 Å². The van der Waals surface area contributed by atoms with E-state index in [-0.39, 0.29) is 18.6 Å². The number of aryl methyl sites for hydroxylation is 1. The number of ether oxygens (including phenoxy) is 1. The lowest BCUT2D eigenvalue weighted by molar-refractivity contribution is -0.125. The van der Waals surface area contributed by atoms with Gasteiger partial charge in [-0.05, 0) is 24.8 Å². The molecule has 1 saturated carbocycles. The lowest BCUT2D eigenvalue weighted by Crippen LogP contribution is -2.42. The number of carbonyl (C=O) groups excluding carboxylic acids is 2. The summed E-state index contributed by atoms with van der Waals surface area (Å²) in [5.41, 5.74) is 0.332. The second kappa shape index (κ2) is 6.98. The highest BCUT2D eigenvalue weighted by Gasteiger charge is 2.23. The van der Waals surface area contributed by atoms with E-state index in [4.69, 9.17) is 16.3 Å². The van der Waals surface area contributed by atoms with Gasteiger partial charge in [-0.2, -0.15) is 0 Å². The number of hydrogen-bond acceptors (Lipinski definition) is 3. The van der Waals surface area contributed by atoms with E-state index < -0.39 is 5.97 Å². The molecule has 1 heterocycles. The third-order valence-corrected chi connectivity index (χ3v) is 4.18. The molecule has 0 bridgehead atoms. The van der Waals surface area contributed by atoms with Crippen molar-refractivity contribution in [3.05, 3.63) is 23.0 Å². The number of nitrogens with zero attached hydrogens (tertiary/aromatic N) is 1. The lowest BCUT2D eigenvalue weighted by atomic mass is 9.86. The first-order chi connectivity index (χ1) is 9.97. The molecule has 21 heavy (non-hydrogen) atoms. The number of halogens is 1. The average molecular weight is 313 g/mol. The second-order valence-corrected chi connectivity index (χ2v) is 6.10. The van der Waals surface area contributed by atoms with Crippen LogP contribution in [0.5, 0.6) is 0 Å². The first-order valence-corrected chi connectivity index (χ1v) is 7.63. The van der Waals surface area contributed by atoms with Gasteiger partial charge in [0.25, 0.3) is 5.91 Å². The largest absolute Gasteiger partial charge is 0.451 e. The third kappa shape index (κ3) is 4.24. The van der Waals surface area contributed by atoms with E-state index in [1.165, 1.54) is 12.5 Å². The maximum Gasteiger partial charge on any atom is 0.355 e. The summed E-state index contributed by atoms with van der Waals surface area (Å²) in [4.78, 5) is 23.7. The quantitative estimate of drug-likeness (QED) is 0.869. The van der Waals surface area contributed by atoms with Crippen molar-refractivity contribution in [1.29, 1.82) is 0 Å². The van der Waals surface area contributed by atoms with Gasteiger partial charge in [0.05, 0.1) is 5.02 Å². The topological polar surface area (TPSA) is 60.3 Å². The van der Waals surface area contributed by atoms with E-state index >= 15 is 0 Å². The number of amides is 1. The summed E-state index contributed by atoms with van der Waals surface area (Å²) in [7, 11) is 1.70. The molecule has 6 heteroatoms. The van der Waals surface area contributed by atoms with E-state index in [2.05, 4.69) is 12.2 Å². The summed E-state index contributed by atoms with van der Waals surface area (Å²) in [5, 5.41) is 3.41. The monoisotopic (exact) mass is 312 g/mol. The zero-order valence-electron chi connectivity index (χ0n) is 12.4. The molecule has 0 spiro atoms. The Kier molecular flexibility index (Phi) is 5.28. The fourth-order valence-electron chi connectivity index (χ4n) is 2.71. The molecule has 0 saturated heterocycles. The molecule has 1 aliphatic carbocycles.